The van der Waals surface area contributed by atoms with Crippen LogP contribution in [0.5, 0.6) is 0 Å². The van der Waals surface area contributed by atoms with E-state index in [0.717, 1.165) is 26.0 Å². The molecule has 1 aromatic heterocycles. The molecule has 0 amide bonds. The van der Waals surface area contributed by atoms with Gasteiger partial charge in [0.15, 0.2) is 0 Å². The van der Waals surface area contributed by atoms with Crippen LogP contribution in [-0.2, 0) is 16.6 Å². The fourth-order valence-corrected chi connectivity index (χ4v) is 3.52. The van der Waals surface area contributed by atoms with Crippen molar-refractivity contribution < 1.29 is 4.74 Å². The van der Waals surface area contributed by atoms with Crippen LogP contribution in [0.3, 0.4) is 0 Å². The van der Waals surface area contributed by atoms with Crippen LogP contribution in [0.15, 0.2) is 5.38 Å². The van der Waals surface area contributed by atoms with Gasteiger partial charge < -0.3 is 10.1 Å². The van der Waals surface area contributed by atoms with Gasteiger partial charge in [-0.3, -0.25) is 0 Å². The first-order chi connectivity index (χ1) is 9.76. The average molecular weight is 313 g/mol. The Morgan fingerprint density at radius 1 is 1.24 bits per heavy atom. The van der Waals surface area contributed by atoms with Crippen molar-refractivity contribution in [2.24, 2.45) is 0 Å². The molecule has 1 heterocycles. The largest absolute Gasteiger partial charge is 0.374 e. The van der Waals surface area contributed by atoms with E-state index in [1.165, 1.54) is 10.7 Å². The Morgan fingerprint density at radius 2 is 1.90 bits per heavy atom. The van der Waals surface area contributed by atoms with Crippen molar-refractivity contribution in [1.82, 2.24) is 10.3 Å². The number of nitrogens with one attached hydrogen (secondary N) is 1. The molecular formula is C17H32N2OS. The Balaban J connectivity index is 2.90. The molecule has 0 aliphatic carbocycles. The maximum Gasteiger partial charge on any atom is 0.0945 e. The minimum Gasteiger partial charge on any atom is -0.374 e. The second-order valence-corrected chi connectivity index (χ2v) is 7.73. The van der Waals surface area contributed by atoms with E-state index >= 15 is 0 Å². The molecule has 0 radical (unpaired) electrons. The maximum atomic E-state index is 6.05. The van der Waals surface area contributed by atoms with Gasteiger partial charge in [0.2, 0.25) is 0 Å². The SMILES string of the molecule is CCNC(Cc1nc(C(C)(C)C)cs1)C(C)(CC)OCC. The quantitative estimate of drug-likeness (QED) is 0.782. The van der Waals surface area contributed by atoms with Gasteiger partial charge in [-0.25, -0.2) is 4.98 Å². The number of rotatable bonds is 8. The zero-order valence-electron chi connectivity index (χ0n) is 14.7. The molecule has 4 heteroatoms. The van der Waals surface area contributed by atoms with Gasteiger partial charge >= 0.3 is 0 Å². The Labute approximate surface area is 134 Å². The molecule has 21 heavy (non-hydrogen) atoms. The summed E-state index contributed by atoms with van der Waals surface area (Å²) >= 11 is 1.77. The Hall–Kier alpha value is -0.450. The van der Waals surface area contributed by atoms with Gasteiger partial charge in [-0.1, -0.05) is 34.6 Å². The summed E-state index contributed by atoms with van der Waals surface area (Å²) in [5, 5.41) is 6.99. The van der Waals surface area contributed by atoms with Gasteiger partial charge in [0.25, 0.3) is 0 Å². The highest BCUT2D eigenvalue weighted by atomic mass is 32.1. The van der Waals surface area contributed by atoms with Gasteiger partial charge in [0.05, 0.1) is 16.3 Å². The third-order valence-electron chi connectivity index (χ3n) is 4.06. The Kier molecular flexibility index (Phi) is 6.82. The lowest BCUT2D eigenvalue weighted by molar-refractivity contribution is -0.0547. The molecule has 0 aliphatic rings. The molecule has 0 bridgehead atoms. The van der Waals surface area contributed by atoms with Crippen LogP contribution in [-0.4, -0.2) is 29.8 Å². The number of ether oxygens (including phenoxy) is 1. The number of thiazole rings is 1. The average Bonchev–Trinajstić information content (AvgIpc) is 2.87. The van der Waals surface area contributed by atoms with Gasteiger partial charge in [0, 0.05) is 29.9 Å². The topological polar surface area (TPSA) is 34.2 Å². The van der Waals surface area contributed by atoms with Crippen LogP contribution in [0.4, 0.5) is 0 Å². The lowest BCUT2D eigenvalue weighted by Crippen LogP contribution is -2.51. The summed E-state index contributed by atoms with van der Waals surface area (Å²) < 4.78 is 6.05. The van der Waals surface area contributed by atoms with E-state index in [2.05, 4.69) is 59.2 Å². The molecule has 0 aromatic carbocycles. The van der Waals surface area contributed by atoms with Crippen molar-refractivity contribution >= 4 is 11.3 Å². The van der Waals surface area contributed by atoms with E-state index in [0.29, 0.717) is 6.04 Å². The number of hydrogen-bond donors (Lipinski definition) is 1. The fraction of sp³-hybridized carbons (Fsp3) is 0.824. The van der Waals surface area contributed by atoms with E-state index < -0.39 is 0 Å². The van der Waals surface area contributed by atoms with E-state index in [9.17, 15) is 0 Å². The smallest absolute Gasteiger partial charge is 0.0945 e. The highest BCUT2D eigenvalue weighted by Crippen LogP contribution is 2.27. The molecule has 122 valence electrons. The number of hydrogen-bond acceptors (Lipinski definition) is 4. The molecular weight excluding hydrogens is 280 g/mol. The van der Waals surface area contributed by atoms with Crippen LogP contribution in [0.25, 0.3) is 0 Å². The monoisotopic (exact) mass is 312 g/mol. The standard InChI is InChI=1S/C17H32N2OS/c1-8-17(7,20-10-3)13(18-9-2)11-15-19-14(12-21-15)16(4,5)6/h12-13,18H,8-11H2,1-7H3. The molecule has 0 aliphatic heterocycles. The molecule has 0 spiro atoms. The second-order valence-electron chi connectivity index (χ2n) is 6.79. The summed E-state index contributed by atoms with van der Waals surface area (Å²) in [6.07, 6.45) is 1.93. The summed E-state index contributed by atoms with van der Waals surface area (Å²) in [5.41, 5.74) is 1.17. The van der Waals surface area contributed by atoms with E-state index in [1.54, 1.807) is 11.3 Å². The Morgan fingerprint density at radius 3 is 2.33 bits per heavy atom. The first-order valence-corrected chi connectivity index (χ1v) is 8.97. The molecule has 2 unspecified atom stereocenters. The highest BCUT2D eigenvalue weighted by Gasteiger charge is 2.33. The number of nitrogens with zero attached hydrogens (tertiary/aromatic N) is 1. The van der Waals surface area contributed by atoms with Crippen LogP contribution in [0.1, 0.15) is 65.6 Å². The molecule has 0 saturated carbocycles. The third-order valence-corrected chi connectivity index (χ3v) is 4.93. The zero-order chi connectivity index (χ0) is 16.1. The first kappa shape index (κ1) is 18.6. The van der Waals surface area contributed by atoms with Gasteiger partial charge in [0.1, 0.15) is 0 Å². The second kappa shape index (κ2) is 7.70. The minimum atomic E-state index is -0.141. The molecule has 1 aromatic rings. The van der Waals surface area contributed by atoms with Gasteiger partial charge in [-0.15, -0.1) is 11.3 Å². The zero-order valence-corrected chi connectivity index (χ0v) is 15.6. The summed E-state index contributed by atoms with van der Waals surface area (Å²) in [4.78, 5) is 4.83. The van der Waals surface area contributed by atoms with E-state index in [4.69, 9.17) is 9.72 Å². The van der Waals surface area contributed by atoms with Crippen LogP contribution >= 0.6 is 11.3 Å². The molecule has 1 N–H and O–H groups in total. The van der Waals surface area contributed by atoms with Crippen LogP contribution in [0, 0.1) is 0 Å². The minimum absolute atomic E-state index is 0.121. The normalized spacial score (nSPS) is 16.7. The third kappa shape index (κ3) is 5.04. The molecule has 0 fully saturated rings. The lowest BCUT2D eigenvalue weighted by atomic mass is 9.90. The summed E-state index contributed by atoms with van der Waals surface area (Å²) in [5.74, 6) is 0. The maximum absolute atomic E-state index is 6.05. The van der Waals surface area contributed by atoms with Crippen LogP contribution < -0.4 is 5.32 Å². The van der Waals surface area contributed by atoms with Crippen molar-refractivity contribution in [3.63, 3.8) is 0 Å². The first-order valence-electron chi connectivity index (χ1n) is 8.09. The molecule has 2 atom stereocenters. The van der Waals surface area contributed by atoms with E-state index in [-0.39, 0.29) is 11.0 Å². The molecule has 1 rings (SSSR count). The molecule has 3 nitrogen and oxygen atoms in total. The van der Waals surface area contributed by atoms with E-state index in [1.807, 2.05) is 0 Å². The number of aromatic nitrogens is 1. The predicted molar refractivity (Wildman–Crippen MR) is 92.3 cm³/mol. The van der Waals surface area contributed by atoms with Crippen molar-refractivity contribution in [1.29, 1.82) is 0 Å². The summed E-state index contributed by atoms with van der Waals surface area (Å²) in [6.45, 7) is 17.0. The Bertz CT molecular complexity index is 425. The summed E-state index contributed by atoms with van der Waals surface area (Å²) in [7, 11) is 0. The number of likely N-dealkylation sites (N-methyl/N-ethyl adjacent to an activating group) is 1. The highest BCUT2D eigenvalue weighted by molar-refractivity contribution is 7.09. The van der Waals surface area contributed by atoms with Crippen molar-refractivity contribution in [2.75, 3.05) is 13.2 Å². The lowest BCUT2D eigenvalue weighted by Gasteiger charge is -2.37. The van der Waals surface area contributed by atoms with Gasteiger partial charge in [-0.05, 0) is 26.8 Å². The fourth-order valence-electron chi connectivity index (χ4n) is 2.45. The summed E-state index contributed by atoms with van der Waals surface area (Å²) in [6, 6.07) is 0.298. The van der Waals surface area contributed by atoms with Crippen molar-refractivity contribution in [3.8, 4) is 0 Å². The van der Waals surface area contributed by atoms with Crippen LogP contribution in [0.2, 0.25) is 0 Å². The van der Waals surface area contributed by atoms with Crippen molar-refractivity contribution in [3.05, 3.63) is 16.1 Å². The molecule has 0 saturated heterocycles. The predicted octanol–water partition coefficient (Wildman–Crippen LogP) is 4.17. The van der Waals surface area contributed by atoms with Crippen molar-refractivity contribution in [2.45, 2.75) is 78.4 Å². The van der Waals surface area contributed by atoms with Gasteiger partial charge in [-0.2, -0.15) is 0 Å².